The number of rotatable bonds is 2. The van der Waals surface area contributed by atoms with Gasteiger partial charge in [-0.2, -0.15) is 0 Å². The number of benzene rings is 1. The Morgan fingerprint density at radius 1 is 1.25 bits per heavy atom. The summed E-state index contributed by atoms with van der Waals surface area (Å²) in [6.07, 6.45) is 6.98. The van der Waals surface area contributed by atoms with Crippen LogP contribution in [0.15, 0.2) is 29.2 Å². The van der Waals surface area contributed by atoms with Gasteiger partial charge in [-0.3, -0.25) is 9.59 Å². The summed E-state index contributed by atoms with van der Waals surface area (Å²) in [6, 6.07) is 5.44. The molecule has 0 bridgehead atoms. The predicted molar refractivity (Wildman–Crippen MR) is 76.7 cm³/mol. The molecular formula is C15H17N3O2. The average molecular weight is 271 g/mol. The van der Waals surface area contributed by atoms with Gasteiger partial charge in [-0.05, 0) is 31.0 Å². The molecule has 2 N–H and O–H groups in total. The average Bonchev–Trinajstić information content (AvgIpc) is 2.47. The number of aromatic nitrogens is 2. The van der Waals surface area contributed by atoms with Gasteiger partial charge in [0.1, 0.15) is 0 Å². The van der Waals surface area contributed by atoms with Crippen molar-refractivity contribution in [3.8, 4) is 0 Å². The van der Waals surface area contributed by atoms with E-state index in [2.05, 4.69) is 15.3 Å². The van der Waals surface area contributed by atoms with Crippen molar-refractivity contribution < 1.29 is 4.79 Å². The largest absolute Gasteiger partial charge is 0.349 e. The van der Waals surface area contributed by atoms with Crippen molar-refractivity contribution in [2.75, 3.05) is 0 Å². The molecule has 104 valence electrons. The van der Waals surface area contributed by atoms with Gasteiger partial charge in [-0.1, -0.05) is 19.3 Å². The van der Waals surface area contributed by atoms with Crippen molar-refractivity contribution in [3.63, 3.8) is 0 Å². The third-order valence-corrected chi connectivity index (χ3v) is 3.78. The number of aromatic amines is 1. The Hall–Kier alpha value is -2.17. The first-order chi connectivity index (χ1) is 9.72. The van der Waals surface area contributed by atoms with Crippen LogP contribution in [0.2, 0.25) is 0 Å². The maximum atomic E-state index is 12.2. The van der Waals surface area contributed by atoms with E-state index >= 15 is 0 Å². The van der Waals surface area contributed by atoms with Crippen LogP contribution in [0.5, 0.6) is 0 Å². The maximum Gasteiger partial charge on any atom is 0.266 e. The molecule has 5 nitrogen and oxygen atoms in total. The summed E-state index contributed by atoms with van der Waals surface area (Å²) in [7, 11) is 0. The molecule has 1 aromatic heterocycles. The van der Waals surface area contributed by atoms with Gasteiger partial charge < -0.3 is 10.3 Å². The first kappa shape index (κ1) is 12.8. The number of hydrogen-bond donors (Lipinski definition) is 2. The van der Waals surface area contributed by atoms with Gasteiger partial charge in [-0.15, -0.1) is 0 Å². The van der Waals surface area contributed by atoms with E-state index in [1.54, 1.807) is 18.2 Å². The Bertz CT molecular complexity index is 687. The van der Waals surface area contributed by atoms with Gasteiger partial charge >= 0.3 is 0 Å². The lowest BCUT2D eigenvalue weighted by atomic mass is 9.95. The lowest BCUT2D eigenvalue weighted by Crippen LogP contribution is -2.36. The van der Waals surface area contributed by atoms with Crippen molar-refractivity contribution in [2.24, 2.45) is 0 Å². The van der Waals surface area contributed by atoms with Crippen molar-refractivity contribution in [3.05, 3.63) is 40.3 Å². The molecule has 0 spiro atoms. The summed E-state index contributed by atoms with van der Waals surface area (Å²) >= 11 is 0. The van der Waals surface area contributed by atoms with Gasteiger partial charge in [0, 0.05) is 11.6 Å². The van der Waals surface area contributed by atoms with Crippen LogP contribution in [0.25, 0.3) is 11.0 Å². The fourth-order valence-corrected chi connectivity index (χ4v) is 2.69. The van der Waals surface area contributed by atoms with E-state index in [9.17, 15) is 9.59 Å². The lowest BCUT2D eigenvalue weighted by molar-refractivity contribution is 0.0928. The molecule has 1 heterocycles. The van der Waals surface area contributed by atoms with E-state index in [-0.39, 0.29) is 17.5 Å². The van der Waals surface area contributed by atoms with Gasteiger partial charge in [-0.25, -0.2) is 4.98 Å². The Kier molecular flexibility index (Phi) is 3.50. The molecule has 2 aromatic rings. The molecule has 0 aliphatic heterocycles. The number of nitrogens with zero attached hydrogens (tertiary/aromatic N) is 1. The fourth-order valence-electron chi connectivity index (χ4n) is 2.69. The quantitative estimate of drug-likeness (QED) is 0.877. The van der Waals surface area contributed by atoms with Crippen molar-refractivity contribution in [1.29, 1.82) is 0 Å². The molecule has 5 heteroatoms. The Morgan fingerprint density at radius 3 is 2.85 bits per heavy atom. The van der Waals surface area contributed by atoms with Crippen molar-refractivity contribution in [2.45, 2.75) is 38.1 Å². The second-order valence-electron chi connectivity index (χ2n) is 5.29. The van der Waals surface area contributed by atoms with Crippen LogP contribution < -0.4 is 10.9 Å². The molecule has 3 rings (SSSR count). The topological polar surface area (TPSA) is 74.8 Å². The summed E-state index contributed by atoms with van der Waals surface area (Å²) in [5.41, 5.74) is 1.62. The molecule has 1 saturated carbocycles. The second-order valence-corrected chi connectivity index (χ2v) is 5.29. The molecule has 0 atom stereocenters. The molecule has 1 amide bonds. The van der Waals surface area contributed by atoms with Gasteiger partial charge in [0.25, 0.3) is 11.5 Å². The Labute approximate surface area is 116 Å². The summed E-state index contributed by atoms with van der Waals surface area (Å²) in [4.78, 5) is 30.1. The minimum atomic E-state index is -0.239. The van der Waals surface area contributed by atoms with E-state index < -0.39 is 0 Å². The van der Waals surface area contributed by atoms with E-state index in [1.165, 1.54) is 25.5 Å². The van der Waals surface area contributed by atoms with Crippen LogP contribution in [-0.4, -0.2) is 21.9 Å². The minimum Gasteiger partial charge on any atom is -0.349 e. The molecule has 20 heavy (non-hydrogen) atoms. The smallest absolute Gasteiger partial charge is 0.266 e. The summed E-state index contributed by atoms with van der Waals surface area (Å²) in [6.45, 7) is 0. The zero-order chi connectivity index (χ0) is 13.9. The van der Waals surface area contributed by atoms with E-state index in [4.69, 9.17) is 0 Å². The molecule has 0 radical (unpaired) electrons. The lowest BCUT2D eigenvalue weighted by Gasteiger charge is -2.22. The number of carbonyl (C=O) groups excluding carboxylic acids is 1. The molecule has 0 saturated heterocycles. The van der Waals surface area contributed by atoms with Crippen LogP contribution in [-0.2, 0) is 0 Å². The van der Waals surface area contributed by atoms with Crippen LogP contribution in [0.4, 0.5) is 0 Å². The molecule has 0 unspecified atom stereocenters. The highest BCUT2D eigenvalue weighted by molar-refractivity contribution is 5.97. The SMILES string of the molecule is O=C(NC1CCCCC1)c1ccc2[nH]c(=O)cnc2c1. The van der Waals surface area contributed by atoms with Crippen LogP contribution in [0, 0.1) is 0 Å². The van der Waals surface area contributed by atoms with Crippen molar-refractivity contribution in [1.82, 2.24) is 15.3 Å². The highest BCUT2D eigenvalue weighted by atomic mass is 16.1. The summed E-state index contributed by atoms with van der Waals surface area (Å²) in [5.74, 6) is -0.0631. The number of fused-ring (bicyclic) bond motifs is 1. The number of H-pyrrole nitrogens is 1. The maximum absolute atomic E-state index is 12.2. The first-order valence-corrected chi connectivity index (χ1v) is 7.02. The number of nitrogens with one attached hydrogen (secondary N) is 2. The predicted octanol–water partition coefficient (Wildman–Crippen LogP) is 1.99. The van der Waals surface area contributed by atoms with Gasteiger partial charge in [0.2, 0.25) is 0 Å². The standard InChI is InChI=1S/C15H17N3O2/c19-14-9-16-13-8-10(6-7-12(13)18-14)15(20)17-11-4-2-1-3-5-11/h6-9,11H,1-5H2,(H,17,20)(H,18,19). The van der Waals surface area contributed by atoms with Gasteiger partial charge in [0.05, 0.1) is 17.2 Å². The molecule has 1 fully saturated rings. The zero-order valence-electron chi connectivity index (χ0n) is 11.2. The second kappa shape index (κ2) is 5.45. The molecular weight excluding hydrogens is 254 g/mol. The molecule has 1 aromatic carbocycles. The third-order valence-electron chi connectivity index (χ3n) is 3.78. The first-order valence-electron chi connectivity index (χ1n) is 7.02. The number of carbonyl (C=O) groups is 1. The number of amides is 1. The fraction of sp³-hybridized carbons (Fsp3) is 0.400. The zero-order valence-corrected chi connectivity index (χ0v) is 11.2. The highest BCUT2D eigenvalue weighted by Gasteiger charge is 2.16. The summed E-state index contributed by atoms with van der Waals surface area (Å²) in [5, 5.41) is 3.07. The Morgan fingerprint density at radius 2 is 2.05 bits per heavy atom. The van der Waals surface area contributed by atoms with E-state index in [0.717, 1.165) is 12.8 Å². The van der Waals surface area contributed by atoms with Crippen LogP contribution in [0.1, 0.15) is 42.5 Å². The normalized spacial score (nSPS) is 16.2. The molecule has 1 aliphatic carbocycles. The van der Waals surface area contributed by atoms with E-state index in [0.29, 0.717) is 16.6 Å². The minimum absolute atomic E-state index is 0.0631. The van der Waals surface area contributed by atoms with E-state index in [1.807, 2.05) is 0 Å². The van der Waals surface area contributed by atoms with Gasteiger partial charge in [0.15, 0.2) is 0 Å². The number of hydrogen-bond acceptors (Lipinski definition) is 3. The van der Waals surface area contributed by atoms with Crippen LogP contribution >= 0.6 is 0 Å². The molecule has 1 aliphatic rings. The Balaban J connectivity index is 1.80. The monoisotopic (exact) mass is 271 g/mol. The summed E-state index contributed by atoms with van der Waals surface area (Å²) < 4.78 is 0. The van der Waals surface area contributed by atoms with Crippen molar-refractivity contribution >= 4 is 16.9 Å². The van der Waals surface area contributed by atoms with Crippen LogP contribution in [0.3, 0.4) is 0 Å². The highest BCUT2D eigenvalue weighted by Crippen LogP contribution is 2.18. The third kappa shape index (κ3) is 2.71.